The number of aryl methyl sites for hydroxylation is 1. The fourth-order valence-corrected chi connectivity index (χ4v) is 2.82. The van der Waals surface area contributed by atoms with Gasteiger partial charge in [0.25, 0.3) is 0 Å². The topological polar surface area (TPSA) is 28.7 Å². The van der Waals surface area contributed by atoms with E-state index < -0.39 is 0 Å². The molecule has 0 atom stereocenters. The molecule has 2 aromatic heterocycles. The van der Waals surface area contributed by atoms with Gasteiger partial charge in [0.2, 0.25) is 0 Å². The third kappa shape index (κ3) is 1.96. The lowest BCUT2D eigenvalue weighted by molar-refractivity contribution is 1.14. The van der Waals surface area contributed by atoms with Crippen LogP contribution in [-0.2, 0) is 6.42 Å². The summed E-state index contributed by atoms with van der Waals surface area (Å²) >= 11 is 7.47. The van der Waals surface area contributed by atoms with E-state index in [2.05, 4.69) is 35.1 Å². The SMILES string of the molecule is CCc1ccc2nc(-c3ccc(Cl)s3)[nH]c2c1. The number of H-pyrrole nitrogens is 1. The molecule has 0 unspecified atom stereocenters. The molecule has 0 amide bonds. The van der Waals surface area contributed by atoms with Crippen LogP contribution in [0.3, 0.4) is 0 Å². The minimum Gasteiger partial charge on any atom is -0.337 e. The summed E-state index contributed by atoms with van der Waals surface area (Å²) in [4.78, 5) is 8.98. The molecule has 3 rings (SSSR count). The molecular weight excluding hydrogens is 252 g/mol. The molecule has 0 aliphatic rings. The van der Waals surface area contributed by atoms with Crippen molar-refractivity contribution in [2.75, 3.05) is 0 Å². The molecule has 2 nitrogen and oxygen atoms in total. The number of nitrogens with zero attached hydrogens (tertiary/aromatic N) is 1. The zero-order valence-electron chi connectivity index (χ0n) is 9.33. The minimum atomic E-state index is 0.787. The van der Waals surface area contributed by atoms with E-state index in [4.69, 9.17) is 11.6 Å². The van der Waals surface area contributed by atoms with Gasteiger partial charge in [-0.1, -0.05) is 24.6 Å². The van der Waals surface area contributed by atoms with Crippen LogP contribution in [-0.4, -0.2) is 9.97 Å². The normalized spacial score (nSPS) is 11.2. The van der Waals surface area contributed by atoms with Gasteiger partial charge in [0, 0.05) is 0 Å². The van der Waals surface area contributed by atoms with E-state index in [1.165, 1.54) is 16.9 Å². The standard InChI is InChI=1S/C13H11ClN2S/c1-2-8-3-4-9-10(7-8)16-13(15-9)11-5-6-12(14)17-11/h3-7H,2H2,1H3,(H,15,16). The van der Waals surface area contributed by atoms with Crippen LogP contribution in [0.15, 0.2) is 30.3 Å². The van der Waals surface area contributed by atoms with Crippen LogP contribution < -0.4 is 0 Å². The Kier molecular flexibility index (Phi) is 2.65. The van der Waals surface area contributed by atoms with Crippen molar-refractivity contribution >= 4 is 34.0 Å². The summed E-state index contributed by atoms with van der Waals surface area (Å²) in [5.41, 5.74) is 3.41. The number of fused-ring (bicyclic) bond motifs is 1. The Balaban J connectivity index is 2.13. The molecule has 0 bridgehead atoms. The van der Waals surface area contributed by atoms with Crippen molar-refractivity contribution in [2.24, 2.45) is 0 Å². The van der Waals surface area contributed by atoms with Gasteiger partial charge in [0.1, 0.15) is 5.82 Å². The van der Waals surface area contributed by atoms with Gasteiger partial charge in [-0.2, -0.15) is 0 Å². The first kappa shape index (κ1) is 10.8. The molecule has 1 aromatic carbocycles. The van der Waals surface area contributed by atoms with Gasteiger partial charge in [-0.05, 0) is 36.2 Å². The number of imidazole rings is 1. The van der Waals surface area contributed by atoms with Crippen LogP contribution >= 0.6 is 22.9 Å². The van der Waals surface area contributed by atoms with Crippen molar-refractivity contribution in [1.29, 1.82) is 0 Å². The molecule has 1 N–H and O–H groups in total. The lowest BCUT2D eigenvalue weighted by atomic mass is 10.1. The molecule has 0 aliphatic heterocycles. The first-order valence-corrected chi connectivity index (χ1v) is 6.70. The van der Waals surface area contributed by atoms with E-state index >= 15 is 0 Å². The number of hydrogen-bond acceptors (Lipinski definition) is 2. The quantitative estimate of drug-likeness (QED) is 0.723. The number of rotatable bonds is 2. The molecular formula is C13H11ClN2S. The van der Waals surface area contributed by atoms with E-state index in [9.17, 15) is 0 Å². The maximum atomic E-state index is 5.93. The summed E-state index contributed by atoms with van der Waals surface area (Å²) in [6.45, 7) is 2.15. The van der Waals surface area contributed by atoms with Crippen LogP contribution in [0, 0.1) is 0 Å². The van der Waals surface area contributed by atoms with E-state index in [0.29, 0.717) is 0 Å². The minimum absolute atomic E-state index is 0.787. The van der Waals surface area contributed by atoms with Gasteiger partial charge < -0.3 is 4.98 Å². The van der Waals surface area contributed by atoms with Gasteiger partial charge in [-0.15, -0.1) is 11.3 Å². The number of hydrogen-bond donors (Lipinski definition) is 1. The molecule has 0 saturated heterocycles. The summed E-state index contributed by atoms with van der Waals surface area (Å²) in [6.07, 6.45) is 1.04. The molecule has 17 heavy (non-hydrogen) atoms. The molecule has 0 aliphatic carbocycles. The zero-order chi connectivity index (χ0) is 11.8. The second-order valence-electron chi connectivity index (χ2n) is 3.89. The predicted molar refractivity (Wildman–Crippen MR) is 73.8 cm³/mol. The van der Waals surface area contributed by atoms with Crippen molar-refractivity contribution in [3.8, 4) is 10.7 Å². The Morgan fingerprint density at radius 1 is 1.29 bits per heavy atom. The summed E-state index contributed by atoms with van der Waals surface area (Å²) in [6, 6.07) is 10.2. The van der Waals surface area contributed by atoms with Crippen molar-refractivity contribution in [1.82, 2.24) is 9.97 Å². The van der Waals surface area contributed by atoms with E-state index in [1.807, 2.05) is 12.1 Å². The van der Waals surface area contributed by atoms with Crippen molar-refractivity contribution in [3.05, 3.63) is 40.2 Å². The van der Waals surface area contributed by atoms with Gasteiger partial charge in [0.15, 0.2) is 0 Å². The Morgan fingerprint density at radius 3 is 2.88 bits per heavy atom. The molecule has 0 radical (unpaired) electrons. The summed E-state index contributed by atoms with van der Waals surface area (Å²) in [7, 11) is 0. The molecule has 0 fully saturated rings. The highest BCUT2D eigenvalue weighted by atomic mass is 35.5. The average molecular weight is 263 g/mol. The Hall–Kier alpha value is -1.32. The molecule has 4 heteroatoms. The largest absolute Gasteiger partial charge is 0.337 e. The Labute approximate surface area is 108 Å². The number of halogens is 1. The third-order valence-electron chi connectivity index (χ3n) is 2.76. The smallest absolute Gasteiger partial charge is 0.148 e. The highest BCUT2D eigenvalue weighted by Gasteiger charge is 2.07. The monoisotopic (exact) mass is 262 g/mol. The number of aromatic amines is 1. The molecule has 2 heterocycles. The maximum Gasteiger partial charge on any atom is 0.148 e. The van der Waals surface area contributed by atoms with Crippen LogP contribution in [0.1, 0.15) is 12.5 Å². The van der Waals surface area contributed by atoms with E-state index in [1.54, 1.807) is 0 Å². The average Bonchev–Trinajstić information content (AvgIpc) is 2.93. The summed E-state index contributed by atoms with van der Waals surface area (Å²) in [5.74, 6) is 0.894. The number of aromatic nitrogens is 2. The fourth-order valence-electron chi connectivity index (χ4n) is 1.83. The fraction of sp³-hybridized carbons (Fsp3) is 0.154. The van der Waals surface area contributed by atoms with Crippen molar-refractivity contribution in [2.45, 2.75) is 13.3 Å². The molecule has 0 spiro atoms. The highest BCUT2D eigenvalue weighted by Crippen LogP contribution is 2.30. The van der Waals surface area contributed by atoms with Crippen molar-refractivity contribution < 1.29 is 0 Å². The lowest BCUT2D eigenvalue weighted by Gasteiger charge is -1.93. The second kappa shape index (κ2) is 4.17. The van der Waals surface area contributed by atoms with E-state index in [-0.39, 0.29) is 0 Å². The Morgan fingerprint density at radius 2 is 2.18 bits per heavy atom. The van der Waals surface area contributed by atoms with E-state index in [0.717, 1.165) is 32.5 Å². The number of thiophene rings is 1. The number of benzene rings is 1. The first-order chi connectivity index (χ1) is 8.26. The third-order valence-corrected chi connectivity index (χ3v) is 4.00. The summed E-state index contributed by atoms with van der Waals surface area (Å²) in [5, 5.41) is 0. The van der Waals surface area contributed by atoms with Crippen LogP contribution in [0.25, 0.3) is 21.7 Å². The van der Waals surface area contributed by atoms with Gasteiger partial charge in [0.05, 0.1) is 20.2 Å². The van der Waals surface area contributed by atoms with Crippen LogP contribution in [0.5, 0.6) is 0 Å². The zero-order valence-corrected chi connectivity index (χ0v) is 10.9. The van der Waals surface area contributed by atoms with Crippen LogP contribution in [0.4, 0.5) is 0 Å². The number of nitrogens with one attached hydrogen (secondary N) is 1. The molecule has 0 saturated carbocycles. The van der Waals surface area contributed by atoms with Gasteiger partial charge >= 0.3 is 0 Å². The Bertz CT molecular complexity index is 669. The maximum absolute atomic E-state index is 5.93. The predicted octanol–water partition coefficient (Wildman–Crippen LogP) is 4.51. The molecule has 3 aromatic rings. The lowest BCUT2D eigenvalue weighted by Crippen LogP contribution is -1.78. The van der Waals surface area contributed by atoms with Crippen molar-refractivity contribution in [3.63, 3.8) is 0 Å². The van der Waals surface area contributed by atoms with Crippen LogP contribution in [0.2, 0.25) is 4.34 Å². The highest BCUT2D eigenvalue weighted by molar-refractivity contribution is 7.19. The summed E-state index contributed by atoms with van der Waals surface area (Å²) < 4.78 is 0.787. The van der Waals surface area contributed by atoms with Gasteiger partial charge in [-0.3, -0.25) is 0 Å². The second-order valence-corrected chi connectivity index (χ2v) is 5.61. The van der Waals surface area contributed by atoms with Gasteiger partial charge in [-0.25, -0.2) is 4.98 Å². The molecule has 86 valence electrons. The first-order valence-electron chi connectivity index (χ1n) is 5.50.